The number of nitrogens with zero attached hydrogens (tertiary/aromatic N) is 5. The zero-order chi connectivity index (χ0) is 15.0. The molecular weight excluding hydrogens is 268 g/mol. The number of aliphatic hydroxyl groups is 1. The Hall–Kier alpha value is -2.41. The van der Waals surface area contributed by atoms with E-state index in [1.165, 1.54) is 0 Å². The van der Waals surface area contributed by atoms with E-state index in [-0.39, 0.29) is 0 Å². The van der Waals surface area contributed by atoms with Crippen LogP contribution in [0.15, 0.2) is 24.5 Å². The maximum absolute atomic E-state index is 9.97. The van der Waals surface area contributed by atoms with E-state index in [9.17, 15) is 5.11 Å². The molecule has 1 aromatic carbocycles. The summed E-state index contributed by atoms with van der Waals surface area (Å²) in [5.74, 6) is 1.43. The van der Waals surface area contributed by atoms with Gasteiger partial charge in [-0.15, -0.1) is 10.2 Å². The Labute approximate surface area is 122 Å². The monoisotopic (exact) mass is 286 g/mol. The summed E-state index contributed by atoms with van der Waals surface area (Å²) in [5.41, 5.74) is 8.15. The van der Waals surface area contributed by atoms with Crippen LogP contribution in [0.25, 0.3) is 11.0 Å². The van der Waals surface area contributed by atoms with Crippen molar-refractivity contribution in [1.29, 1.82) is 0 Å². The number of fused-ring (bicyclic) bond motifs is 1. The van der Waals surface area contributed by atoms with Crippen LogP contribution < -0.4 is 5.73 Å². The zero-order valence-corrected chi connectivity index (χ0v) is 12.1. The average Bonchev–Trinajstić information content (AvgIpc) is 3.03. The van der Waals surface area contributed by atoms with Crippen LogP contribution in [0, 0.1) is 0 Å². The number of imidazole rings is 1. The third-order valence-corrected chi connectivity index (χ3v) is 3.51. The van der Waals surface area contributed by atoms with Gasteiger partial charge in [0.15, 0.2) is 5.82 Å². The van der Waals surface area contributed by atoms with Gasteiger partial charge in [-0.2, -0.15) is 0 Å². The van der Waals surface area contributed by atoms with E-state index in [4.69, 9.17) is 5.73 Å². The Morgan fingerprint density at radius 2 is 2.19 bits per heavy atom. The van der Waals surface area contributed by atoms with Gasteiger partial charge < -0.3 is 20.0 Å². The molecular formula is C14H18N6O. The van der Waals surface area contributed by atoms with Crippen molar-refractivity contribution < 1.29 is 5.11 Å². The lowest BCUT2D eigenvalue weighted by atomic mass is 10.3. The molecule has 7 nitrogen and oxygen atoms in total. The van der Waals surface area contributed by atoms with E-state index in [0.717, 1.165) is 23.4 Å². The lowest BCUT2D eigenvalue weighted by molar-refractivity contribution is 0.185. The van der Waals surface area contributed by atoms with Crippen molar-refractivity contribution >= 4 is 16.7 Å². The van der Waals surface area contributed by atoms with Crippen molar-refractivity contribution in [2.45, 2.75) is 33.0 Å². The maximum atomic E-state index is 9.97. The van der Waals surface area contributed by atoms with Crippen LogP contribution in [0.5, 0.6) is 0 Å². The largest absolute Gasteiger partial charge is 0.399 e. The van der Waals surface area contributed by atoms with E-state index >= 15 is 0 Å². The molecule has 110 valence electrons. The molecule has 1 unspecified atom stereocenters. The fraction of sp³-hybridized carbons (Fsp3) is 0.357. The number of hydrogen-bond donors (Lipinski definition) is 2. The SMILES string of the molecule is CCn1cnnc1Cn1c(C(C)O)nc2cc(N)ccc21. The first-order chi connectivity index (χ1) is 10.1. The molecule has 3 rings (SSSR count). The van der Waals surface area contributed by atoms with Gasteiger partial charge in [0.1, 0.15) is 18.3 Å². The first kappa shape index (κ1) is 13.6. The van der Waals surface area contributed by atoms with Crippen molar-refractivity contribution in [1.82, 2.24) is 24.3 Å². The summed E-state index contributed by atoms with van der Waals surface area (Å²) >= 11 is 0. The highest BCUT2D eigenvalue weighted by Gasteiger charge is 2.17. The Balaban J connectivity index is 2.13. The standard InChI is InChI=1S/C14H18N6O/c1-3-19-8-16-18-13(19)7-20-12-5-4-10(15)6-11(12)17-14(20)9(2)21/h4-6,8-9,21H,3,7,15H2,1-2H3. The Morgan fingerprint density at radius 1 is 1.38 bits per heavy atom. The highest BCUT2D eigenvalue weighted by atomic mass is 16.3. The number of anilines is 1. The minimum Gasteiger partial charge on any atom is -0.399 e. The van der Waals surface area contributed by atoms with Crippen LogP contribution in [-0.4, -0.2) is 29.4 Å². The molecule has 21 heavy (non-hydrogen) atoms. The van der Waals surface area contributed by atoms with E-state index in [1.54, 1.807) is 13.3 Å². The minimum atomic E-state index is -0.670. The average molecular weight is 286 g/mol. The van der Waals surface area contributed by atoms with Gasteiger partial charge in [0.25, 0.3) is 0 Å². The summed E-state index contributed by atoms with van der Waals surface area (Å²) in [6, 6.07) is 5.55. The number of nitrogen functional groups attached to an aromatic ring is 1. The smallest absolute Gasteiger partial charge is 0.152 e. The molecule has 3 N–H and O–H groups in total. The zero-order valence-electron chi connectivity index (χ0n) is 12.1. The molecule has 0 fully saturated rings. The Bertz CT molecular complexity index is 773. The topological polar surface area (TPSA) is 94.8 Å². The number of benzene rings is 1. The molecule has 0 radical (unpaired) electrons. The van der Waals surface area contributed by atoms with Gasteiger partial charge in [-0.05, 0) is 32.0 Å². The third kappa shape index (κ3) is 2.36. The van der Waals surface area contributed by atoms with Gasteiger partial charge in [0.2, 0.25) is 0 Å². The first-order valence-electron chi connectivity index (χ1n) is 6.90. The van der Waals surface area contributed by atoms with Gasteiger partial charge in [0.05, 0.1) is 17.6 Å². The molecule has 0 aliphatic carbocycles. The van der Waals surface area contributed by atoms with Crippen LogP contribution in [0.3, 0.4) is 0 Å². The summed E-state index contributed by atoms with van der Waals surface area (Å²) in [7, 11) is 0. The molecule has 7 heteroatoms. The summed E-state index contributed by atoms with van der Waals surface area (Å²) in [6.45, 7) is 5.04. The van der Waals surface area contributed by atoms with E-state index < -0.39 is 6.10 Å². The number of aliphatic hydroxyl groups excluding tert-OH is 1. The minimum absolute atomic E-state index is 0.508. The van der Waals surface area contributed by atoms with Gasteiger partial charge >= 0.3 is 0 Å². The van der Waals surface area contributed by atoms with E-state index in [1.807, 2.05) is 34.3 Å². The molecule has 0 amide bonds. The molecule has 2 aromatic heterocycles. The summed E-state index contributed by atoms with van der Waals surface area (Å²) in [4.78, 5) is 4.48. The molecule has 0 aliphatic rings. The molecule has 0 saturated heterocycles. The van der Waals surface area contributed by atoms with Crippen LogP contribution >= 0.6 is 0 Å². The molecule has 1 atom stereocenters. The van der Waals surface area contributed by atoms with Crippen molar-refractivity contribution in [3.8, 4) is 0 Å². The van der Waals surface area contributed by atoms with Crippen molar-refractivity contribution in [3.63, 3.8) is 0 Å². The fourth-order valence-corrected chi connectivity index (χ4v) is 2.46. The third-order valence-electron chi connectivity index (χ3n) is 3.51. The highest BCUT2D eigenvalue weighted by molar-refractivity contribution is 5.79. The maximum Gasteiger partial charge on any atom is 0.152 e. The summed E-state index contributed by atoms with van der Waals surface area (Å²) in [6.07, 6.45) is 1.03. The number of aryl methyl sites for hydroxylation is 1. The van der Waals surface area contributed by atoms with Crippen LogP contribution in [0.1, 0.15) is 31.6 Å². The van der Waals surface area contributed by atoms with Crippen molar-refractivity contribution in [3.05, 3.63) is 36.2 Å². The van der Waals surface area contributed by atoms with Crippen molar-refractivity contribution in [2.24, 2.45) is 0 Å². The molecule has 0 aliphatic heterocycles. The second kappa shape index (κ2) is 5.17. The lowest BCUT2D eigenvalue weighted by Crippen LogP contribution is -2.12. The number of rotatable bonds is 4. The number of hydrogen-bond acceptors (Lipinski definition) is 5. The molecule has 3 aromatic rings. The first-order valence-corrected chi connectivity index (χ1v) is 6.90. The molecule has 0 spiro atoms. The fourth-order valence-electron chi connectivity index (χ4n) is 2.46. The second-order valence-electron chi connectivity index (χ2n) is 5.01. The number of nitrogens with two attached hydrogens (primary N) is 1. The van der Waals surface area contributed by atoms with E-state index in [0.29, 0.717) is 18.1 Å². The molecule has 0 bridgehead atoms. The summed E-state index contributed by atoms with van der Waals surface area (Å²) < 4.78 is 3.92. The van der Waals surface area contributed by atoms with Gasteiger partial charge in [-0.25, -0.2) is 4.98 Å². The van der Waals surface area contributed by atoms with Gasteiger partial charge in [-0.1, -0.05) is 0 Å². The molecule has 2 heterocycles. The predicted octanol–water partition coefficient (Wildman–Crippen LogP) is 1.33. The summed E-state index contributed by atoms with van der Waals surface area (Å²) in [5, 5.41) is 18.1. The highest BCUT2D eigenvalue weighted by Crippen LogP contribution is 2.23. The normalized spacial score (nSPS) is 12.9. The Kier molecular flexibility index (Phi) is 3.34. The van der Waals surface area contributed by atoms with E-state index in [2.05, 4.69) is 15.2 Å². The Morgan fingerprint density at radius 3 is 2.90 bits per heavy atom. The van der Waals surface area contributed by atoms with Crippen molar-refractivity contribution in [2.75, 3.05) is 5.73 Å². The van der Waals surface area contributed by atoms with Crippen LogP contribution in [0.4, 0.5) is 5.69 Å². The lowest BCUT2D eigenvalue weighted by Gasteiger charge is -2.11. The second-order valence-corrected chi connectivity index (χ2v) is 5.01. The quantitative estimate of drug-likeness (QED) is 0.706. The molecule has 0 saturated carbocycles. The predicted molar refractivity (Wildman–Crippen MR) is 79.6 cm³/mol. The number of aromatic nitrogens is 5. The van der Waals surface area contributed by atoms with Crippen LogP contribution in [0.2, 0.25) is 0 Å². The van der Waals surface area contributed by atoms with Crippen LogP contribution in [-0.2, 0) is 13.1 Å². The van der Waals surface area contributed by atoms with Gasteiger partial charge in [-0.3, -0.25) is 0 Å². The van der Waals surface area contributed by atoms with Gasteiger partial charge in [0, 0.05) is 12.2 Å².